The zero-order valence-electron chi connectivity index (χ0n) is 8.36. The largest absolute Gasteiger partial charge is 0.366 e. The normalized spacial score (nSPS) is 12.4. The highest BCUT2D eigenvalue weighted by Crippen LogP contribution is 2.10. The maximum atomic E-state index is 11.1. The number of primary amides is 1. The van der Waals surface area contributed by atoms with Gasteiger partial charge in [-0.05, 0) is 24.5 Å². The number of carbonyl (C=O) groups excluding carboxylic acids is 1. The van der Waals surface area contributed by atoms with Gasteiger partial charge in [0, 0.05) is 11.6 Å². The molecule has 0 radical (unpaired) electrons. The van der Waals surface area contributed by atoms with Gasteiger partial charge in [-0.25, -0.2) is 0 Å². The summed E-state index contributed by atoms with van der Waals surface area (Å²) in [7, 11) is 0. The summed E-state index contributed by atoms with van der Waals surface area (Å²) in [6.45, 7) is 2.03. The van der Waals surface area contributed by atoms with Crippen LogP contribution in [0, 0.1) is 0 Å². The number of hydrogen-bond acceptors (Lipinski definition) is 2. The first-order valence-electron chi connectivity index (χ1n) is 4.78. The predicted molar refractivity (Wildman–Crippen MR) is 56.9 cm³/mol. The summed E-state index contributed by atoms with van der Waals surface area (Å²) in [5, 5.41) is 0. The molecule has 0 bridgehead atoms. The Morgan fingerprint density at radius 2 is 2.07 bits per heavy atom. The van der Waals surface area contributed by atoms with Gasteiger partial charge in [-0.15, -0.1) is 0 Å². The lowest BCUT2D eigenvalue weighted by Gasteiger charge is -2.11. The molecule has 0 spiro atoms. The molecule has 0 aliphatic heterocycles. The molecule has 0 heterocycles. The second kappa shape index (κ2) is 4.77. The summed E-state index contributed by atoms with van der Waals surface area (Å²) in [5.74, 6) is -0.385. The van der Waals surface area contributed by atoms with E-state index in [0.717, 1.165) is 12.0 Å². The first kappa shape index (κ1) is 10.7. The second-order valence-corrected chi connectivity index (χ2v) is 3.39. The highest BCUT2D eigenvalue weighted by Gasteiger charge is 2.09. The van der Waals surface area contributed by atoms with Gasteiger partial charge in [0.2, 0.25) is 5.91 Å². The van der Waals surface area contributed by atoms with E-state index in [1.165, 1.54) is 0 Å². The van der Waals surface area contributed by atoms with E-state index in [9.17, 15) is 4.79 Å². The molecular weight excluding hydrogens is 176 g/mol. The SMILES string of the molecule is CC[C@@H](N)Cc1ccccc1C(N)=O. The molecule has 3 nitrogen and oxygen atoms in total. The lowest BCUT2D eigenvalue weighted by Crippen LogP contribution is -2.23. The van der Waals surface area contributed by atoms with Gasteiger partial charge in [0.05, 0.1) is 0 Å². The van der Waals surface area contributed by atoms with E-state index in [0.29, 0.717) is 12.0 Å². The minimum atomic E-state index is -0.385. The molecule has 1 aromatic carbocycles. The van der Waals surface area contributed by atoms with Crippen LogP contribution in [0.25, 0.3) is 0 Å². The predicted octanol–water partition coefficient (Wildman–Crippen LogP) is 1.07. The van der Waals surface area contributed by atoms with Gasteiger partial charge in [0.1, 0.15) is 0 Å². The van der Waals surface area contributed by atoms with Crippen molar-refractivity contribution in [1.29, 1.82) is 0 Å². The van der Waals surface area contributed by atoms with Crippen molar-refractivity contribution in [3.63, 3.8) is 0 Å². The minimum absolute atomic E-state index is 0.0931. The lowest BCUT2D eigenvalue weighted by molar-refractivity contribution is 0.0999. The van der Waals surface area contributed by atoms with Crippen LogP contribution in [0.15, 0.2) is 24.3 Å². The summed E-state index contributed by atoms with van der Waals surface area (Å²) >= 11 is 0. The van der Waals surface area contributed by atoms with Crippen molar-refractivity contribution in [3.05, 3.63) is 35.4 Å². The van der Waals surface area contributed by atoms with Crippen LogP contribution in [0.1, 0.15) is 29.3 Å². The fourth-order valence-electron chi connectivity index (χ4n) is 1.37. The van der Waals surface area contributed by atoms with Crippen molar-refractivity contribution >= 4 is 5.91 Å². The average Bonchev–Trinajstić information content (AvgIpc) is 2.18. The Bertz CT molecular complexity index is 323. The molecule has 0 aliphatic rings. The number of hydrogen-bond donors (Lipinski definition) is 2. The van der Waals surface area contributed by atoms with Crippen molar-refractivity contribution in [2.45, 2.75) is 25.8 Å². The Kier molecular flexibility index (Phi) is 3.65. The van der Waals surface area contributed by atoms with E-state index in [-0.39, 0.29) is 11.9 Å². The first-order valence-corrected chi connectivity index (χ1v) is 4.78. The molecule has 0 unspecified atom stereocenters. The summed E-state index contributed by atoms with van der Waals surface area (Å²) in [4.78, 5) is 11.1. The van der Waals surface area contributed by atoms with Crippen molar-refractivity contribution in [3.8, 4) is 0 Å². The Labute approximate surface area is 84.1 Å². The van der Waals surface area contributed by atoms with Crippen LogP contribution >= 0.6 is 0 Å². The summed E-state index contributed by atoms with van der Waals surface area (Å²) in [6, 6.07) is 7.43. The molecule has 76 valence electrons. The van der Waals surface area contributed by atoms with Gasteiger partial charge >= 0.3 is 0 Å². The number of carbonyl (C=O) groups is 1. The quantitative estimate of drug-likeness (QED) is 0.749. The second-order valence-electron chi connectivity index (χ2n) is 3.39. The average molecular weight is 192 g/mol. The monoisotopic (exact) mass is 192 g/mol. The van der Waals surface area contributed by atoms with Crippen molar-refractivity contribution in [2.24, 2.45) is 11.5 Å². The van der Waals surface area contributed by atoms with E-state index in [4.69, 9.17) is 11.5 Å². The van der Waals surface area contributed by atoms with Gasteiger partial charge in [-0.1, -0.05) is 25.1 Å². The van der Waals surface area contributed by atoms with Gasteiger partial charge < -0.3 is 11.5 Å². The van der Waals surface area contributed by atoms with Crippen LogP contribution in [0.2, 0.25) is 0 Å². The molecule has 0 aromatic heterocycles. The Morgan fingerprint density at radius 3 is 2.64 bits per heavy atom. The minimum Gasteiger partial charge on any atom is -0.366 e. The lowest BCUT2D eigenvalue weighted by atomic mass is 9.99. The molecule has 0 saturated heterocycles. The molecule has 14 heavy (non-hydrogen) atoms. The number of rotatable bonds is 4. The fourth-order valence-corrected chi connectivity index (χ4v) is 1.37. The number of amides is 1. The Balaban J connectivity index is 2.90. The highest BCUT2D eigenvalue weighted by molar-refractivity contribution is 5.94. The van der Waals surface area contributed by atoms with Crippen LogP contribution in [0.3, 0.4) is 0 Å². The molecule has 1 rings (SSSR count). The van der Waals surface area contributed by atoms with E-state index in [1.807, 2.05) is 19.1 Å². The zero-order valence-corrected chi connectivity index (χ0v) is 8.36. The van der Waals surface area contributed by atoms with E-state index >= 15 is 0 Å². The van der Waals surface area contributed by atoms with Gasteiger partial charge in [0.15, 0.2) is 0 Å². The van der Waals surface area contributed by atoms with E-state index in [2.05, 4.69) is 0 Å². The van der Waals surface area contributed by atoms with Crippen LogP contribution in [0.4, 0.5) is 0 Å². The molecule has 0 fully saturated rings. The fraction of sp³-hybridized carbons (Fsp3) is 0.364. The molecule has 3 heteroatoms. The maximum absolute atomic E-state index is 11.1. The summed E-state index contributed by atoms with van der Waals surface area (Å²) in [6.07, 6.45) is 1.60. The third-order valence-corrected chi connectivity index (χ3v) is 2.29. The van der Waals surface area contributed by atoms with Crippen LogP contribution in [-0.2, 0) is 6.42 Å². The highest BCUT2D eigenvalue weighted by atomic mass is 16.1. The van der Waals surface area contributed by atoms with Gasteiger partial charge in [-0.3, -0.25) is 4.79 Å². The zero-order chi connectivity index (χ0) is 10.6. The standard InChI is InChI=1S/C11H16N2O/c1-2-9(12)7-8-5-3-4-6-10(8)11(13)14/h3-6,9H,2,7,12H2,1H3,(H2,13,14)/t9-/m1/s1. The van der Waals surface area contributed by atoms with Crippen LogP contribution < -0.4 is 11.5 Å². The Morgan fingerprint density at radius 1 is 1.43 bits per heavy atom. The summed E-state index contributed by atoms with van der Waals surface area (Å²) < 4.78 is 0. The van der Waals surface area contributed by atoms with Crippen molar-refractivity contribution < 1.29 is 4.79 Å². The van der Waals surface area contributed by atoms with Gasteiger partial charge in [-0.2, -0.15) is 0 Å². The molecule has 1 aromatic rings. The molecule has 0 aliphatic carbocycles. The third-order valence-electron chi connectivity index (χ3n) is 2.29. The maximum Gasteiger partial charge on any atom is 0.248 e. The Hall–Kier alpha value is -1.35. The third kappa shape index (κ3) is 2.57. The van der Waals surface area contributed by atoms with E-state index < -0.39 is 0 Å². The smallest absolute Gasteiger partial charge is 0.248 e. The van der Waals surface area contributed by atoms with Crippen LogP contribution in [0.5, 0.6) is 0 Å². The molecule has 4 N–H and O–H groups in total. The number of benzene rings is 1. The van der Waals surface area contributed by atoms with E-state index in [1.54, 1.807) is 12.1 Å². The summed E-state index contributed by atoms with van der Waals surface area (Å²) in [5.41, 5.74) is 12.6. The van der Waals surface area contributed by atoms with Gasteiger partial charge in [0.25, 0.3) is 0 Å². The van der Waals surface area contributed by atoms with Crippen molar-refractivity contribution in [1.82, 2.24) is 0 Å². The molecular formula is C11H16N2O. The van der Waals surface area contributed by atoms with Crippen LogP contribution in [-0.4, -0.2) is 11.9 Å². The molecule has 0 saturated carbocycles. The van der Waals surface area contributed by atoms with Crippen molar-refractivity contribution in [2.75, 3.05) is 0 Å². The topological polar surface area (TPSA) is 69.1 Å². The first-order chi connectivity index (χ1) is 6.65. The number of nitrogens with two attached hydrogens (primary N) is 2. The molecule has 1 amide bonds. The molecule has 1 atom stereocenters.